The van der Waals surface area contributed by atoms with Crippen LogP contribution in [0.2, 0.25) is 0 Å². The smallest absolute Gasteiger partial charge is 0.259 e. The zero-order valence-corrected chi connectivity index (χ0v) is 10.9. The average Bonchev–Trinajstić information content (AvgIpc) is 2.96. The number of pyridine rings is 1. The lowest BCUT2D eigenvalue weighted by Gasteiger charge is -2.09. The van der Waals surface area contributed by atoms with Crippen molar-refractivity contribution in [2.24, 2.45) is 0 Å². The van der Waals surface area contributed by atoms with E-state index in [4.69, 9.17) is 4.74 Å². The first-order valence-electron chi connectivity index (χ1n) is 6.16. The molecule has 0 bridgehead atoms. The lowest BCUT2D eigenvalue weighted by Crippen LogP contribution is -2.13. The Hall–Kier alpha value is -2.82. The normalized spacial score (nSPS) is 10.4. The van der Waals surface area contributed by atoms with Gasteiger partial charge in [0.2, 0.25) is 0 Å². The van der Waals surface area contributed by atoms with Crippen LogP contribution in [0.4, 0.5) is 5.69 Å². The van der Waals surface area contributed by atoms with Gasteiger partial charge in [0.25, 0.3) is 5.91 Å². The van der Waals surface area contributed by atoms with Crippen LogP contribution in [0.25, 0.3) is 11.0 Å². The maximum absolute atomic E-state index is 12.3. The van der Waals surface area contributed by atoms with Gasteiger partial charge in [-0.15, -0.1) is 0 Å². The molecule has 2 N–H and O–H groups in total. The maximum Gasteiger partial charge on any atom is 0.259 e. The number of aromatic amines is 1. The summed E-state index contributed by atoms with van der Waals surface area (Å²) in [6.07, 6.45) is 3.44. The first-order valence-corrected chi connectivity index (χ1v) is 6.16. The Bertz CT molecular complexity index is 764. The third-order valence-electron chi connectivity index (χ3n) is 3.06. The second kappa shape index (κ2) is 5.05. The number of para-hydroxylation sites is 1. The number of anilines is 1. The fourth-order valence-electron chi connectivity index (χ4n) is 2.09. The van der Waals surface area contributed by atoms with Gasteiger partial charge in [-0.2, -0.15) is 0 Å². The second-order valence-electron chi connectivity index (χ2n) is 4.25. The first-order chi connectivity index (χ1) is 9.79. The summed E-state index contributed by atoms with van der Waals surface area (Å²) < 4.78 is 5.20. The Morgan fingerprint density at radius 3 is 2.95 bits per heavy atom. The van der Waals surface area contributed by atoms with Crippen molar-refractivity contribution in [3.05, 3.63) is 54.4 Å². The van der Waals surface area contributed by atoms with Crippen molar-refractivity contribution in [3.8, 4) is 5.75 Å². The van der Waals surface area contributed by atoms with Gasteiger partial charge >= 0.3 is 0 Å². The van der Waals surface area contributed by atoms with Gasteiger partial charge in [0.1, 0.15) is 11.4 Å². The Balaban J connectivity index is 1.95. The number of ether oxygens (including phenoxy) is 1. The summed E-state index contributed by atoms with van der Waals surface area (Å²) in [5, 5.41) is 3.75. The van der Waals surface area contributed by atoms with Crippen molar-refractivity contribution in [1.29, 1.82) is 0 Å². The lowest BCUT2D eigenvalue weighted by molar-refractivity contribution is 0.102. The van der Waals surface area contributed by atoms with Crippen LogP contribution in [0.3, 0.4) is 0 Å². The summed E-state index contributed by atoms with van der Waals surface area (Å²) in [4.78, 5) is 19.5. The van der Waals surface area contributed by atoms with Gasteiger partial charge in [-0.25, -0.2) is 4.98 Å². The molecule has 0 aliphatic heterocycles. The fourth-order valence-corrected chi connectivity index (χ4v) is 2.09. The first kappa shape index (κ1) is 12.2. The molecule has 0 fully saturated rings. The molecule has 0 aliphatic carbocycles. The highest BCUT2D eigenvalue weighted by atomic mass is 16.5. The molecule has 2 heterocycles. The van der Waals surface area contributed by atoms with E-state index in [1.807, 2.05) is 12.1 Å². The fraction of sp³-hybridized carbons (Fsp3) is 0.0667. The molecule has 3 aromatic rings. The van der Waals surface area contributed by atoms with Crippen LogP contribution in [0.15, 0.2) is 48.8 Å². The van der Waals surface area contributed by atoms with E-state index in [0.29, 0.717) is 17.0 Å². The number of methoxy groups -OCH3 is 1. The highest BCUT2D eigenvalue weighted by Crippen LogP contribution is 2.23. The van der Waals surface area contributed by atoms with Gasteiger partial charge in [-0.05, 0) is 24.3 Å². The molecular weight excluding hydrogens is 254 g/mol. The van der Waals surface area contributed by atoms with E-state index in [1.54, 1.807) is 43.8 Å². The Labute approximate surface area is 115 Å². The predicted octanol–water partition coefficient (Wildman–Crippen LogP) is 2.82. The number of nitrogens with one attached hydrogen (secondary N) is 2. The molecule has 5 nitrogen and oxygen atoms in total. The number of hydrogen-bond donors (Lipinski definition) is 2. The van der Waals surface area contributed by atoms with Crippen LogP contribution >= 0.6 is 0 Å². The Morgan fingerprint density at radius 1 is 1.25 bits per heavy atom. The molecule has 100 valence electrons. The van der Waals surface area contributed by atoms with E-state index >= 15 is 0 Å². The highest BCUT2D eigenvalue weighted by molar-refractivity contribution is 6.09. The minimum atomic E-state index is -0.212. The quantitative estimate of drug-likeness (QED) is 0.766. The topological polar surface area (TPSA) is 67.0 Å². The molecule has 0 spiro atoms. The molecule has 1 aromatic carbocycles. The average molecular weight is 267 g/mol. The van der Waals surface area contributed by atoms with E-state index in [-0.39, 0.29) is 5.91 Å². The zero-order chi connectivity index (χ0) is 13.9. The molecule has 1 amide bonds. The molecule has 0 radical (unpaired) electrons. The third-order valence-corrected chi connectivity index (χ3v) is 3.06. The number of nitrogens with zero attached hydrogens (tertiary/aromatic N) is 1. The van der Waals surface area contributed by atoms with Gasteiger partial charge in [0.15, 0.2) is 0 Å². The monoisotopic (exact) mass is 267 g/mol. The number of aromatic nitrogens is 2. The molecule has 5 heteroatoms. The maximum atomic E-state index is 12.3. The largest absolute Gasteiger partial charge is 0.496 e. The zero-order valence-electron chi connectivity index (χ0n) is 10.9. The van der Waals surface area contributed by atoms with Crippen LogP contribution in [0, 0.1) is 0 Å². The summed E-state index contributed by atoms with van der Waals surface area (Å²) in [6.45, 7) is 0. The lowest BCUT2D eigenvalue weighted by atomic mass is 10.2. The molecular formula is C15H13N3O2. The predicted molar refractivity (Wildman–Crippen MR) is 77.0 cm³/mol. The van der Waals surface area contributed by atoms with E-state index in [9.17, 15) is 4.79 Å². The van der Waals surface area contributed by atoms with Crippen molar-refractivity contribution in [2.75, 3.05) is 12.4 Å². The molecule has 3 rings (SSSR count). The van der Waals surface area contributed by atoms with Crippen LogP contribution in [0.5, 0.6) is 5.75 Å². The van der Waals surface area contributed by atoms with Gasteiger partial charge in [0.05, 0.1) is 18.4 Å². The van der Waals surface area contributed by atoms with Crippen LogP contribution in [-0.2, 0) is 0 Å². The number of H-pyrrole nitrogens is 1. The number of benzene rings is 1. The molecule has 0 atom stereocenters. The molecule has 0 saturated carbocycles. The van der Waals surface area contributed by atoms with E-state index in [0.717, 1.165) is 11.0 Å². The van der Waals surface area contributed by atoms with Crippen molar-refractivity contribution in [1.82, 2.24) is 9.97 Å². The van der Waals surface area contributed by atoms with Crippen LogP contribution in [0.1, 0.15) is 10.4 Å². The van der Waals surface area contributed by atoms with Crippen LogP contribution in [-0.4, -0.2) is 23.0 Å². The minimum Gasteiger partial charge on any atom is -0.496 e. The van der Waals surface area contributed by atoms with Gasteiger partial charge in [0, 0.05) is 17.8 Å². The number of fused-ring (bicyclic) bond motifs is 1. The number of carbonyl (C=O) groups excluding carboxylic acids is 1. The molecule has 0 unspecified atom stereocenters. The van der Waals surface area contributed by atoms with E-state index < -0.39 is 0 Å². The Kier molecular flexibility index (Phi) is 3.09. The van der Waals surface area contributed by atoms with Crippen molar-refractivity contribution in [3.63, 3.8) is 0 Å². The number of hydrogen-bond acceptors (Lipinski definition) is 3. The van der Waals surface area contributed by atoms with Gasteiger partial charge < -0.3 is 15.0 Å². The summed E-state index contributed by atoms with van der Waals surface area (Å²) in [7, 11) is 1.54. The van der Waals surface area contributed by atoms with E-state index in [2.05, 4.69) is 15.3 Å². The third kappa shape index (κ3) is 2.09. The summed E-state index contributed by atoms with van der Waals surface area (Å²) in [5.41, 5.74) is 1.95. The SMILES string of the molecule is COc1ccccc1C(=O)Nc1ccnc2[nH]ccc12. The molecule has 0 aliphatic rings. The summed E-state index contributed by atoms with van der Waals surface area (Å²) >= 11 is 0. The summed E-state index contributed by atoms with van der Waals surface area (Å²) in [6, 6.07) is 10.8. The van der Waals surface area contributed by atoms with Crippen molar-refractivity contribution >= 4 is 22.6 Å². The number of carbonyl (C=O) groups is 1. The van der Waals surface area contributed by atoms with E-state index in [1.165, 1.54) is 0 Å². The minimum absolute atomic E-state index is 0.212. The van der Waals surface area contributed by atoms with Crippen molar-refractivity contribution < 1.29 is 9.53 Å². The van der Waals surface area contributed by atoms with Gasteiger partial charge in [-0.1, -0.05) is 12.1 Å². The molecule has 20 heavy (non-hydrogen) atoms. The van der Waals surface area contributed by atoms with Crippen LogP contribution < -0.4 is 10.1 Å². The highest BCUT2D eigenvalue weighted by Gasteiger charge is 2.13. The standard InChI is InChI=1S/C15H13N3O2/c1-20-13-5-3-2-4-11(13)15(19)18-12-7-9-17-14-10(12)6-8-16-14/h2-9H,1H3,(H2,16,17,18,19). The molecule has 0 saturated heterocycles. The van der Waals surface area contributed by atoms with Crippen molar-refractivity contribution in [2.45, 2.75) is 0 Å². The Morgan fingerprint density at radius 2 is 2.10 bits per heavy atom. The summed E-state index contributed by atoms with van der Waals surface area (Å²) in [5.74, 6) is 0.334. The number of rotatable bonds is 3. The number of amides is 1. The molecule has 2 aromatic heterocycles. The van der Waals surface area contributed by atoms with Gasteiger partial charge in [-0.3, -0.25) is 4.79 Å². The second-order valence-corrected chi connectivity index (χ2v) is 4.25.